The lowest BCUT2D eigenvalue weighted by Gasteiger charge is -2.36. The van der Waals surface area contributed by atoms with Gasteiger partial charge in [-0.15, -0.1) is 0 Å². The number of hydrogen-bond acceptors (Lipinski definition) is 3. The van der Waals surface area contributed by atoms with Gasteiger partial charge >= 0.3 is 0 Å². The molecule has 0 aliphatic carbocycles. The molecular weight excluding hydrogens is 226 g/mol. The third kappa shape index (κ3) is 3.04. The van der Waals surface area contributed by atoms with Crippen molar-refractivity contribution in [2.24, 2.45) is 0 Å². The molecule has 0 aromatic rings. The zero-order valence-electron chi connectivity index (χ0n) is 12.0. The highest BCUT2D eigenvalue weighted by molar-refractivity contribution is 5.83. The molecular formula is C14H27N3O. The van der Waals surface area contributed by atoms with Crippen molar-refractivity contribution < 1.29 is 4.79 Å². The van der Waals surface area contributed by atoms with Crippen LogP contribution in [0.15, 0.2) is 0 Å². The van der Waals surface area contributed by atoms with Crippen molar-refractivity contribution >= 4 is 5.91 Å². The van der Waals surface area contributed by atoms with Crippen molar-refractivity contribution in [3.8, 4) is 0 Å². The number of likely N-dealkylation sites (N-methyl/N-ethyl adjacent to an activating group) is 1. The normalized spacial score (nSPS) is 29.6. The molecule has 0 aromatic carbocycles. The lowest BCUT2D eigenvalue weighted by atomic mass is 10.0. The molecule has 2 heterocycles. The van der Waals surface area contributed by atoms with Gasteiger partial charge in [-0.2, -0.15) is 0 Å². The van der Waals surface area contributed by atoms with E-state index in [0.29, 0.717) is 18.0 Å². The van der Waals surface area contributed by atoms with E-state index >= 15 is 0 Å². The van der Waals surface area contributed by atoms with Crippen LogP contribution in [-0.4, -0.2) is 60.5 Å². The number of nitrogens with one attached hydrogen (secondary N) is 1. The van der Waals surface area contributed by atoms with Crippen molar-refractivity contribution in [3.05, 3.63) is 0 Å². The fourth-order valence-electron chi connectivity index (χ4n) is 3.14. The van der Waals surface area contributed by atoms with Gasteiger partial charge in [0.05, 0.1) is 6.04 Å². The SMILES string of the molecule is CC(C)N(CC1CCCCN1)C1CCN(C)C1=O. The molecule has 0 radical (unpaired) electrons. The van der Waals surface area contributed by atoms with Gasteiger partial charge in [0, 0.05) is 32.2 Å². The number of amides is 1. The van der Waals surface area contributed by atoms with Crippen LogP contribution in [0.3, 0.4) is 0 Å². The summed E-state index contributed by atoms with van der Waals surface area (Å²) in [4.78, 5) is 16.4. The molecule has 2 rings (SSSR count). The third-order valence-corrected chi connectivity index (χ3v) is 4.31. The molecule has 104 valence electrons. The minimum Gasteiger partial charge on any atom is -0.344 e. The Kier molecular flexibility index (Phi) is 4.62. The van der Waals surface area contributed by atoms with Crippen LogP contribution in [0.25, 0.3) is 0 Å². The van der Waals surface area contributed by atoms with Crippen LogP contribution in [0.5, 0.6) is 0 Å². The topological polar surface area (TPSA) is 35.6 Å². The number of hydrogen-bond donors (Lipinski definition) is 1. The predicted molar refractivity (Wildman–Crippen MR) is 73.5 cm³/mol. The third-order valence-electron chi connectivity index (χ3n) is 4.31. The Morgan fingerprint density at radius 1 is 1.39 bits per heavy atom. The van der Waals surface area contributed by atoms with E-state index in [1.54, 1.807) is 0 Å². The molecule has 2 atom stereocenters. The van der Waals surface area contributed by atoms with E-state index in [4.69, 9.17) is 0 Å². The molecule has 0 bridgehead atoms. The molecule has 2 fully saturated rings. The van der Waals surface area contributed by atoms with Gasteiger partial charge < -0.3 is 10.2 Å². The van der Waals surface area contributed by atoms with Gasteiger partial charge in [0.15, 0.2) is 0 Å². The fourth-order valence-corrected chi connectivity index (χ4v) is 3.14. The summed E-state index contributed by atoms with van der Waals surface area (Å²) in [7, 11) is 1.92. The van der Waals surface area contributed by atoms with E-state index in [0.717, 1.165) is 26.1 Å². The number of carbonyl (C=O) groups is 1. The summed E-state index contributed by atoms with van der Waals surface area (Å²) in [5, 5.41) is 3.59. The lowest BCUT2D eigenvalue weighted by Crippen LogP contribution is -2.52. The predicted octanol–water partition coefficient (Wildman–Crippen LogP) is 1.07. The van der Waals surface area contributed by atoms with Crippen LogP contribution in [-0.2, 0) is 4.79 Å². The van der Waals surface area contributed by atoms with E-state index in [9.17, 15) is 4.79 Å². The Labute approximate surface area is 111 Å². The van der Waals surface area contributed by atoms with Crippen LogP contribution in [0.2, 0.25) is 0 Å². The second-order valence-electron chi connectivity index (χ2n) is 6.00. The van der Waals surface area contributed by atoms with E-state index < -0.39 is 0 Å². The Hall–Kier alpha value is -0.610. The van der Waals surface area contributed by atoms with E-state index in [1.807, 2.05) is 11.9 Å². The highest BCUT2D eigenvalue weighted by atomic mass is 16.2. The molecule has 2 aliphatic rings. The Balaban J connectivity index is 1.97. The van der Waals surface area contributed by atoms with Crippen LogP contribution in [0.1, 0.15) is 39.5 Å². The first kappa shape index (κ1) is 13.8. The Morgan fingerprint density at radius 2 is 2.17 bits per heavy atom. The molecule has 0 saturated carbocycles. The molecule has 1 amide bonds. The fraction of sp³-hybridized carbons (Fsp3) is 0.929. The number of carbonyl (C=O) groups excluding carboxylic acids is 1. The summed E-state index contributed by atoms with van der Waals surface area (Å²) >= 11 is 0. The Morgan fingerprint density at radius 3 is 2.67 bits per heavy atom. The zero-order valence-corrected chi connectivity index (χ0v) is 12.0. The van der Waals surface area contributed by atoms with Gasteiger partial charge in [0.1, 0.15) is 0 Å². The van der Waals surface area contributed by atoms with Crippen molar-refractivity contribution in [2.75, 3.05) is 26.7 Å². The quantitative estimate of drug-likeness (QED) is 0.814. The molecule has 0 spiro atoms. The first-order valence-corrected chi connectivity index (χ1v) is 7.33. The molecule has 1 N–H and O–H groups in total. The van der Waals surface area contributed by atoms with Crippen molar-refractivity contribution in [3.63, 3.8) is 0 Å². The number of likely N-dealkylation sites (tertiary alicyclic amines) is 1. The van der Waals surface area contributed by atoms with Gasteiger partial charge in [0.25, 0.3) is 0 Å². The van der Waals surface area contributed by atoms with E-state index in [-0.39, 0.29) is 6.04 Å². The Bertz CT molecular complexity index is 287. The van der Waals surface area contributed by atoms with Gasteiger partial charge in [-0.25, -0.2) is 0 Å². The highest BCUT2D eigenvalue weighted by Crippen LogP contribution is 2.20. The molecule has 0 aromatic heterocycles. The summed E-state index contributed by atoms with van der Waals surface area (Å²) in [5.74, 6) is 0.305. The minimum atomic E-state index is 0.110. The van der Waals surface area contributed by atoms with Crippen molar-refractivity contribution in [1.29, 1.82) is 0 Å². The van der Waals surface area contributed by atoms with Crippen molar-refractivity contribution in [1.82, 2.24) is 15.1 Å². The van der Waals surface area contributed by atoms with E-state index in [2.05, 4.69) is 24.1 Å². The first-order chi connectivity index (χ1) is 8.59. The lowest BCUT2D eigenvalue weighted by molar-refractivity contribution is -0.131. The van der Waals surface area contributed by atoms with Gasteiger partial charge in [-0.1, -0.05) is 6.42 Å². The second kappa shape index (κ2) is 6.02. The van der Waals surface area contributed by atoms with Crippen LogP contribution in [0.4, 0.5) is 0 Å². The van der Waals surface area contributed by atoms with Crippen molar-refractivity contribution in [2.45, 2.75) is 57.7 Å². The van der Waals surface area contributed by atoms with E-state index in [1.165, 1.54) is 19.3 Å². The summed E-state index contributed by atoms with van der Waals surface area (Å²) < 4.78 is 0. The van der Waals surface area contributed by atoms with Gasteiger partial charge in [0.2, 0.25) is 5.91 Å². The summed E-state index contributed by atoms with van der Waals surface area (Å²) in [5.41, 5.74) is 0. The minimum absolute atomic E-state index is 0.110. The number of rotatable bonds is 4. The summed E-state index contributed by atoms with van der Waals surface area (Å²) in [6.45, 7) is 7.46. The molecule has 4 heteroatoms. The largest absolute Gasteiger partial charge is 0.344 e. The molecule has 2 aliphatic heterocycles. The molecule has 2 saturated heterocycles. The number of piperidine rings is 1. The van der Waals surface area contributed by atoms with Crippen LogP contribution in [0, 0.1) is 0 Å². The molecule has 18 heavy (non-hydrogen) atoms. The standard InChI is InChI=1S/C14H27N3O/c1-11(2)17(10-12-6-4-5-8-15-12)13-7-9-16(3)14(13)18/h11-13,15H,4-10H2,1-3H3. The van der Waals surface area contributed by atoms with Crippen LogP contribution >= 0.6 is 0 Å². The second-order valence-corrected chi connectivity index (χ2v) is 6.00. The maximum absolute atomic E-state index is 12.2. The van der Waals surface area contributed by atoms with Gasteiger partial charge in [-0.05, 0) is 39.7 Å². The first-order valence-electron chi connectivity index (χ1n) is 7.33. The van der Waals surface area contributed by atoms with Gasteiger partial charge in [-0.3, -0.25) is 9.69 Å². The molecule has 2 unspecified atom stereocenters. The zero-order chi connectivity index (χ0) is 13.1. The monoisotopic (exact) mass is 253 g/mol. The number of nitrogens with zero attached hydrogens (tertiary/aromatic N) is 2. The summed E-state index contributed by atoms with van der Waals surface area (Å²) in [6.07, 6.45) is 4.85. The summed E-state index contributed by atoms with van der Waals surface area (Å²) in [6, 6.07) is 1.12. The maximum atomic E-state index is 12.2. The van der Waals surface area contributed by atoms with Crippen LogP contribution < -0.4 is 5.32 Å². The highest BCUT2D eigenvalue weighted by Gasteiger charge is 2.36. The smallest absolute Gasteiger partial charge is 0.239 e. The maximum Gasteiger partial charge on any atom is 0.239 e. The average molecular weight is 253 g/mol. The average Bonchev–Trinajstić information content (AvgIpc) is 2.68. The molecule has 4 nitrogen and oxygen atoms in total.